The number of Topliss-reactive ketones (excluding diaryl/α,β-unsaturated/α-hetero) is 1. The third-order valence-corrected chi connectivity index (χ3v) is 8.63. The number of aliphatic hydroxyl groups is 1. The minimum Gasteiger partial charge on any atom is -0.393 e. The summed E-state index contributed by atoms with van der Waals surface area (Å²) in [4.78, 5) is 13.2. The largest absolute Gasteiger partial charge is 0.393 e. The SMILES string of the molecule is C[C@H]1C(=O)[C@@]23CC[C@@H]4C(C)(C)CCC[C@@]4(C)[C@@H]2[C@@H](O)C[C@@H]1C3. The molecule has 2 bridgehead atoms. The maximum Gasteiger partial charge on any atom is 0.142 e. The summed E-state index contributed by atoms with van der Waals surface area (Å²) in [5, 5.41) is 11.0. The molecule has 4 aliphatic rings. The lowest BCUT2D eigenvalue weighted by atomic mass is 9.40. The van der Waals surface area contributed by atoms with Crippen LogP contribution in [0.4, 0.5) is 0 Å². The van der Waals surface area contributed by atoms with Gasteiger partial charge in [-0.1, -0.05) is 34.1 Å². The van der Waals surface area contributed by atoms with Crippen LogP contribution in [0.3, 0.4) is 0 Å². The highest BCUT2D eigenvalue weighted by molar-refractivity contribution is 5.90. The first kappa shape index (κ1) is 15.2. The van der Waals surface area contributed by atoms with Crippen LogP contribution in [0.1, 0.15) is 72.6 Å². The molecule has 1 N–H and O–H groups in total. The fraction of sp³-hybridized carbons (Fsp3) is 0.950. The molecule has 0 aromatic rings. The van der Waals surface area contributed by atoms with Crippen molar-refractivity contribution in [2.24, 2.45) is 39.9 Å². The molecular formula is C20H32O2. The summed E-state index contributed by atoms with van der Waals surface area (Å²) >= 11 is 0. The molecule has 0 aromatic heterocycles. The van der Waals surface area contributed by atoms with Gasteiger partial charge in [-0.3, -0.25) is 4.79 Å². The molecule has 2 heteroatoms. The smallest absolute Gasteiger partial charge is 0.142 e. The number of carbonyl (C=O) groups excluding carboxylic acids is 1. The zero-order chi connectivity index (χ0) is 15.9. The van der Waals surface area contributed by atoms with Crippen molar-refractivity contribution in [2.45, 2.75) is 78.7 Å². The van der Waals surface area contributed by atoms with E-state index in [4.69, 9.17) is 0 Å². The van der Waals surface area contributed by atoms with E-state index in [1.54, 1.807) is 0 Å². The Labute approximate surface area is 135 Å². The molecule has 7 atom stereocenters. The minimum atomic E-state index is -0.255. The number of ketones is 1. The molecular weight excluding hydrogens is 272 g/mol. The van der Waals surface area contributed by atoms with Gasteiger partial charge in [-0.05, 0) is 61.2 Å². The van der Waals surface area contributed by atoms with Gasteiger partial charge in [0.15, 0.2) is 0 Å². The van der Waals surface area contributed by atoms with Crippen molar-refractivity contribution in [3.8, 4) is 0 Å². The molecule has 0 heterocycles. The maximum absolute atomic E-state index is 13.2. The first-order chi connectivity index (χ1) is 10.2. The molecule has 0 amide bonds. The Morgan fingerprint density at radius 1 is 1.14 bits per heavy atom. The highest BCUT2D eigenvalue weighted by Crippen LogP contribution is 2.71. The van der Waals surface area contributed by atoms with E-state index >= 15 is 0 Å². The van der Waals surface area contributed by atoms with Gasteiger partial charge in [0.1, 0.15) is 5.78 Å². The Bertz CT molecular complexity index is 510. The molecule has 0 radical (unpaired) electrons. The highest BCUT2D eigenvalue weighted by atomic mass is 16.3. The predicted octanol–water partition coefficient (Wildman–Crippen LogP) is 4.21. The average molecular weight is 304 g/mol. The molecule has 4 rings (SSSR count). The zero-order valence-corrected chi connectivity index (χ0v) is 14.7. The monoisotopic (exact) mass is 304 g/mol. The third kappa shape index (κ3) is 1.63. The van der Waals surface area contributed by atoms with Gasteiger partial charge >= 0.3 is 0 Å². The summed E-state index contributed by atoms with van der Waals surface area (Å²) in [5.74, 6) is 2.00. The van der Waals surface area contributed by atoms with Crippen molar-refractivity contribution in [2.75, 3.05) is 0 Å². The number of aliphatic hydroxyl groups excluding tert-OH is 1. The number of hydrogen-bond donors (Lipinski definition) is 1. The quantitative estimate of drug-likeness (QED) is 0.728. The Hall–Kier alpha value is -0.370. The molecule has 2 nitrogen and oxygen atoms in total. The normalized spacial score (nSPS) is 56.4. The first-order valence-corrected chi connectivity index (χ1v) is 9.45. The van der Waals surface area contributed by atoms with Crippen LogP contribution in [0.25, 0.3) is 0 Å². The van der Waals surface area contributed by atoms with E-state index in [0.29, 0.717) is 23.0 Å². The summed E-state index contributed by atoms with van der Waals surface area (Å²) < 4.78 is 0. The Kier molecular flexibility index (Phi) is 3.02. The Morgan fingerprint density at radius 2 is 1.86 bits per heavy atom. The number of carbonyl (C=O) groups is 1. The highest BCUT2D eigenvalue weighted by Gasteiger charge is 2.69. The molecule has 0 aromatic carbocycles. The number of hydrogen-bond acceptors (Lipinski definition) is 2. The van der Waals surface area contributed by atoms with Gasteiger partial charge in [0.2, 0.25) is 0 Å². The lowest BCUT2D eigenvalue weighted by Gasteiger charge is -2.64. The van der Waals surface area contributed by atoms with Gasteiger partial charge in [0, 0.05) is 17.3 Å². The van der Waals surface area contributed by atoms with Gasteiger partial charge in [-0.25, -0.2) is 0 Å². The van der Waals surface area contributed by atoms with Gasteiger partial charge in [0.25, 0.3) is 0 Å². The second kappa shape index (κ2) is 4.37. The summed E-state index contributed by atoms with van der Waals surface area (Å²) in [6, 6.07) is 0. The molecule has 124 valence electrons. The van der Waals surface area contributed by atoms with Gasteiger partial charge < -0.3 is 5.11 Å². The van der Waals surface area contributed by atoms with E-state index in [1.165, 1.54) is 25.7 Å². The molecule has 4 aliphatic carbocycles. The van der Waals surface area contributed by atoms with Crippen molar-refractivity contribution >= 4 is 5.78 Å². The molecule has 22 heavy (non-hydrogen) atoms. The fourth-order valence-electron chi connectivity index (χ4n) is 7.91. The van der Waals surface area contributed by atoms with Crippen molar-refractivity contribution in [3.63, 3.8) is 0 Å². The topological polar surface area (TPSA) is 37.3 Å². The molecule has 0 unspecified atom stereocenters. The molecule has 4 fully saturated rings. The second-order valence-electron chi connectivity index (χ2n) is 9.99. The molecule has 0 saturated heterocycles. The van der Waals surface area contributed by atoms with E-state index in [-0.39, 0.29) is 28.8 Å². The Morgan fingerprint density at radius 3 is 2.59 bits per heavy atom. The van der Waals surface area contributed by atoms with E-state index in [1.807, 2.05) is 0 Å². The van der Waals surface area contributed by atoms with Crippen LogP contribution >= 0.6 is 0 Å². The van der Waals surface area contributed by atoms with E-state index in [2.05, 4.69) is 27.7 Å². The van der Waals surface area contributed by atoms with Crippen LogP contribution in [0.5, 0.6) is 0 Å². The lowest BCUT2D eigenvalue weighted by Crippen LogP contribution is -2.61. The summed E-state index contributed by atoms with van der Waals surface area (Å²) in [6.45, 7) is 9.38. The summed E-state index contributed by atoms with van der Waals surface area (Å²) in [7, 11) is 0. The molecule has 0 aliphatic heterocycles. The van der Waals surface area contributed by atoms with Crippen molar-refractivity contribution in [1.82, 2.24) is 0 Å². The summed E-state index contributed by atoms with van der Waals surface area (Å²) in [6.07, 6.45) is 7.67. The van der Waals surface area contributed by atoms with Crippen molar-refractivity contribution < 1.29 is 9.90 Å². The van der Waals surface area contributed by atoms with E-state index in [0.717, 1.165) is 19.3 Å². The lowest BCUT2D eigenvalue weighted by molar-refractivity contribution is -0.187. The standard InChI is InChI=1S/C20H32O2/c1-12-13-10-14(21)16-19(4)8-5-7-18(2,3)15(19)6-9-20(16,11-13)17(12)22/h12-16,21H,5-11H2,1-4H3/t12-,13-,14+,15-,16+,19-,20-/m1/s1. The van der Waals surface area contributed by atoms with Crippen LogP contribution in [-0.2, 0) is 4.79 Å². The van der Waals surface area contributed by atoms with E-state index in [9.17, 15) is 9.90 Å². The molecule has 1 spiro atoms. The van der Waals surface area contributed by atoms with Crippen LogP contribution in [0.2, 0.25) is 0 Å². The Balaban J connectivity index is 1.82. The van der Waals surface area contributed by atoms with Gasteiger partial charge in [0.05, 0.1) is 6.10 Å². The van der Waals surface area contributed by atoms with Crippen molar-refractivity contribution in [3.05, 3.63) is 0 Å². The first-order valence-electron chi connectivity index (χ1n) is 9.45. The fourth-order valence-corrected chi connectivity index (χ4v) is 7.91. The van der Waals surface area contributed by atoms with E-state index < -0.39 is 0 Å². The van der Waals surface area contributed by atoms with Gasteiger partial charge in [-0.2, -0.15) is 0 Å². The van der Waals surface area contributed by atoms with Crippen LogP contribution in [-0.4, -0.2) is 17.0 Å². The van der Waals surface area contributed by atoms with Crippen molar-refractivity contribution in [1.29, 1.82) is 0 Å². The number of rotatable bonds is 0. The predicted molar refractivity (Wildman–Crippen MR) is 87.3 cm³/mol. The van der Waals surface area contributed by atoms with Crippen LogP contribution < -0.4 is 0 Å². The maximum atomic E-state index is 13.2. The number of fused-ring (bicyclic) bond motifs is 3. The van der Waals surface area contributed by atoms with Crippen LogP contribution in [0, 0.1) is 39.9 Å². The average Bonchev–Trinajstić information content (AvgIpc) is 2.59. The molecule has 4 saturated carbocycles. The summed E-state index contributed by atoms with van der Waals surface area (Å²) in [5.41, 5.74) is 0.336. The zero-order valence-electron chi connectivity index (χ0n) is 14.7. The second-order valence-corrected chi connectivity index (χ2v) is 9.99. The van der Waals surface area contributed by atoms with Gasteiger partial charge in [-0.15, -0.1) is 0 Å². The minimum absolute atomic E-state index is 0.157. The third-order valence-electron chi connectivity index (χ3n) is 8.63. The van der Waals surface area contributed by atoms with Crippen LogP contribution in [0.15, 0.2) is 0 Å².